The highest BCUT2D eigenvalue weighted by Crippen LogP contribution is 1.93. The Bertz CT molecular complexity index is 70.1. The van der Waals surface area contributed by atoms with Crippen LogP contribution in [0.1, 0.15) is 13.8 Å². The fourth-order valence-corrected chi connectivity index (χ4v) is 0.0894. The van der Waals surface area contributed by atoms with E-state index in [1.165, 1.54) is 0 Å². The molecule has 3 nitrogen and oxygen atoms in total. The molecule has 0 N–H and O–H groups in total. The third kappa shape index (κ3) is 3.31. The summed E-state index contributed by atoms with van der Waals surface area (Å²) in [6.07, 6.45) is 0. The van der Waals surface area contributed by atoms with Crippen LogP contribution in [0.3, 0.4) is 0 Å². The number of azide groups is 1. The largest absolute Gasteiger partial charge is 0.0872 e. The van der Waals surface area contributed by atoms with Crippen molar-refractivity contribution in [2.45, 2.75) is 13.8 Å². The molecule has 0 saturated carbocycles. The van der Waals surface area contributed by atoms with Crippen molar-refractivity contribution in [3.63, 3.8) is 0 Å². The molecule has 0 bridgehead atoms. The number of nitrogens with zero attached hydrogens (tertiary/aromatic N) is 3. The van der Waals surface area contributed by atoms with Gasteiger partial charge in [0, 0.05) is 4.91 Å². The lowest BCUT2D eigenvalue weighted by Crippen LogP contribution is -1.67. The molecule has 0 rings (SSSR count). The monoisotopic (exact) mass is 84.1 g/mol. The summed E-state index contributed by atoms with van der Waals surface area (Å²) in [6.45, 7) is 3.50. The quantitative estimate of drug-likeness (QED) is 0.264. The first kappa shape index (κ1) is 5.31. The van der Waals surface area contributed by atoms with Crippen LogP contribution < -0.4 is 0 Å². The van der Waals surface area contributed by atoms with E-state index in [1.54, 1.807) is 13.8 Å². The topological polar surface area (TPSA) is 48.8 Å². The first-order valence-electron chi connectivity index (χ1n) is 1.62. The minimum Gasteiger partial charge on any atom is -0.0872 e. The summed E-state index contributed by atoms with van der Waals surface area (Å²) in [5.41, 5.74) is 7.67. The molecule has 0 aliphatic rings. The second kappa shape index (κ2) is 2.54. The molecule has 0 aliphatic heterocycles. The minimum atomic E-state index is 0.748. The van der Waals surface area contributed by atoms with Gasteiger partial charge in [-0.15, -0.1) is 0 Å². The maximum absolute atomic E-state index is 7.67. The average Bonchev–Trinajstić information content (AvgIpc) is 1.35. The van der Waals surface area contributed by atoms with Crippen LogP contribution in [0.5, 0.6) is 0 Å². The zero-order valence-electron chi connectivity index (χ0n) is 3.84. The van der Waals surface area contributed by atoms with Gasteiger partial charge in [-0.2, -0.15) is 0 Å². The Morgan fingerprint density at radius 3 is 2.17 bits per heavy atom. The Balaban J connectivity index is 3.29. The van der Waals surface area contributed by atoms with E-state index in [9.17, 15) is 0 Å². The van der Waals surface area contributed by atoms with Crippen LogP contribution in [0, 0.1) is 6.04 Å². The molecule has 0 fully saturated rings. The second-order valence-corrected chi connectivity index (χ2v) is 1.14. The molecule has 0 aromatic heterocycles. The lowest BCUT2D eigenvalue weighted by molar-refractivity contribution is 1.03. The Kier molecular flexibility index (Phi) is 2.25. The maximum Gasteiger partial charge on any atom is 0.0539 e. The Morgan fingerprint density at radius 2 is 2.17 bits per heavy atom. The first-order valence-corrected chi connectivity index (χ1v) is 1.62. The van der Waals surface area contributed by atoms with Gasteiger partial charge in [0.15, 0.2) is 0 Å². The van der Waals surface area contributed by atoms with Crippen molar-refractivity contribution < 1.29 is 0 Å². The molecule has 33 valence electrons. The summed E-state index contributed by atoms with van der Waals surface area (Å²) in [6, 6.07) is 0.748. The van der Waals surface area contributed by atoms with Crippen LogP contribution in [-0.2, 0) is 0 Å². The molecule has 0 atom stereocenters. The van der Waals surface area contributed by atoms with Crippen LogP contribution in [0.2, 0.25) is 0 Å². The number of hydrogen-bond acceptors (Lipinski definition) is 1. The van der Waals surface area contributed by atoms with Crippen LogP contribution in [0.15, 0.2) is 5.11 Å². The predicted octanol–water partition coefficient (Wildman–Crippen LogP) is 1.87. The fraction of sp³-hybridized carbons (Fsp3) is 0.667. The van der Waals surface area contributed by atoms with Crippen molar-refractivity contribution in [2.24, 2.45) is 5.11 Å². The van der Waals surface area contributed by atoms with Crippen LogP contribution >= 0.6 is 0 Å². The molecule has 0 spiro atoms. The summed E-state index contributed by atoms with van der Waals surface area (Å²) >= 11 is 0. The molecule has 0 heterocycles. The van der Waals surface area contributed by atoms with E-state index in [0.717, 1.165) is 6.04 Å². The van der Waals surface area contributed by atoms with Crippen molar-refractivity contribution in [2.75, 3.05) is 0 Å². The fourth-order valence-electron chi connectivity index (χ4n) is 0.0894. The van der Waals surface area contributed by atoms with Gasteiger partial charge < -0.3 is 0 Å². The zero-order valence-corrected chi connectivity index (χ0v) is 3.84. The molecular formula is C3H6N3. The highest BCUT2D eigenvalue weighted by Gasteiger charge is 1.79. The van der Waals surface area contributed by atoms with Gasteiger partial charge in [0.2, 0.25) is 0 Å². The molecule has 0 aromatic rings. The van der Waals surface area contributed by atoms with Crippen molar-refractivity contribution in [3.8, 4) is 0 Å². The highest BCUT2D eigenvalue weighted by molar-refractivity contribution is 4.71. The van der Waals surface area contributed by atoms with Crippen molar-refractivity contribution in [1.82, 2.24) is 0 Å². The lowest BCUT2D eigenvalue weighted by Gasteiger charge is -1.80. The third-order valence-corrected chi connectivity index (χ3v) is 0.245. The molecule has 0 aromatic carbocycles. The van der Waals surface area contributed by atoms with Crippen LogP contribution in [-0.4, -0.2) is 0 Å². The first-order chi connectivity index (χ1) is 2.77. The van der Waals surface area contributed by atoms with Crippen LogP contribution in [0.4, 0.5) is 0 Å². The molecule has 0 amide bonds. The van der Waals surface area contributed by atoms with Gasteiger partial charge in [0.1, 0.15) is 0 Å². The second-order valence-electron chi connectivity index (χ2n) is 1.14. The van der Waals surface area contributed by atoms with Gasteiger partial charge in [-0.05, 0) is 5.53 Å². The highest BCUT2D eigenvalue weighted by atomic mass is 15.1. The van der Waals surface area contributed by atoms with Gasteiger partial charge in [-0.1, -0.05) is 19.0 Å². The summed E-state index contributed by atoms with van der Waals surface area (Å²) in [7, 11) is 0. The summed E-state index contributed by atoms with van der Waals surface area (Å²) in [5.74, 6) is 0. The van der Waals surface area contributed by atoms with E-state index in [2.05, 4.69) is 10.0 Å². The van der Waals surface area contributed by atoms with E-state index in [0.29, 0.717) is 0 Å². The number of hydrogen-bond donors (Lipinski definition) is 0. The van der Waals surface area contributed by atoms with E-state index < -0.39 is 0 Å². The molecule has 1 radical (unpaired) electrons. The summed E-state index contributed by atoms with van der Waals surface area (Å²) in [5, 5.41) is 3.22. The minimum absolute atomic E-state index is 0.748. The van der Waals surface area contributed by atoms with Gasteiger partial charge >= 0.3 is 0 Å². The molecule has 0 unspecified atom stereocenters. The molecular weight excluding hydrogens is 78.1 g/mol. The van der Waals surface area contributed by atoms with Gasteiger partial charge in [-0.3, -0.25) is 0 Å². The zero-order chi connectivity index (χ0) is 4.99. The van der Waals surface area contributed by atoms with E-state index in [1.807, 2.05) is 0 Å². The SMILES string of the molecule is C[C](C)N=[N+]=[N-]. The van der Waals surface area contributed by atoms with Crippen molar-refractivity contribution >= 4 is 0 Å². The number of rotatable bonds is 1. The molecule has 0 saturated heterocycles. The van der Waals surface area contributed by atoms with E-state index >= 15 is 0 Å². The molecule has 6 heavy (non-hydrogen) atoms. The normalized spacial score (nSPS) is 7.83. The third-order valence-electron chi connectivity index (χ3n) is 0.245. The Hall–Kier alpha value is -0.690. The molecule has 3 heteroatoms. The Morgan fingerprint density at radius 1 is 1.67 bits per heavy atom. The van der Waals surface area contributed by atoms with Crippen LogP contribution in [0.25, 0.3) is 10.4 Å². The van der Waals surface area contributed by atoms with Crippen molar-refractivity contribution in [1.29, 1.82) is 0 Å². The van der Waals surface area contributed by atoms with Gasteiger partial charge in [-0.25, -0.2) is 0 Å². The lowest BCUT2D eigenvalue weighted by atomic mass is 10.4. The standard InChI is InChI=1S/C3H6N3/c1-3(2)5-6-4/h1-2H3. The summed E-state index contributed by atoms with van der Waals surface area (Å²) in [4.78, 5) is 2.52. The van der Waals surface area contributed by atoms with E-state index in [-0.39, 0.29) is 0 Å². The Labute approximate surface area is 36.6 Å². The summed E-state index contributed by atoms with van der Waals surface area (Å²) < 4.78 is 0. The predicted molar refractivity (Wildman–Crippen MR) is 23.7 cm³/mol. The molecule has 0 aliphatic carbocycles. The average molecular weight is 84.1 g/mol. The van der Waals surface area contributed by atoms with E-state index in [4.69, 9.17) is 5.53 Å². The van der Waals surface area contributed by atoms with Gasteiger partial charge in [0.05, 0.1) is 6.04 Å². The van der Waals surface area contributed by atoms with Gasteiger partial charge in [0.25, 0.3) is 0 Å². The van der Waals surface area contributed by atoms with Crippen molar-refractivity contribution in [3.05, 3.63) is 16.5 Å². The maximum atomic E-state index is 7.67. The smallest absolute Gasteiger partial charge is 0.0539 e.